The lowest BCUT2D eigenvalue weighted by Gasteiger charge is -2.37. The minimum atomic E-state index is 0.0318. The summed E-state index contributed by atoms with van der Waals surface area (Å²) in [7, 11) is 0. The number of nitrogens with one attached hydrogen (secondary N) is 1. The zero-order valence-corrected chi connectivity index (χ0v) is 14.4. The molecule has 3 nitrogen and oxygen atoms in total. The van der Waals surface area contributed by atoms with Gasteiger partial charge in [-0.3, -0.25) is 0 Å². The number of rotatable bonds is 4. The normalized spacial score (nSPS) is 37.5. The van der Waals surface area contributed by atoms with Crippen molar-refractivity contribution in [1.82, 2.24) is 0 Å². The predicted octanol–water partition coefficient (Wildman–Crippen LogP) is 2.31. The van der Waals surface area contributed by atoms with E-state index in [4.69, 9.17) is 4.74 Å². The van der Waals surface area contributed by atoms with E-state index in [-0.39, 0.29) is 12.1 Å². The molecule has 0 spiro atoms. The van der Waals surface area contributed by atoms with Crippen LogP contribution >= 0.6 is 0 Å². The van der Waals surface area contributed by atoms with Gasteiger partial charge in [0.2, 0.25) is 0 Å². The lowest BCUT2D eigenvalue weighted by atomic mass is 9.75. The fourth-order valence-electron chi connectivity index (χ4n) is 4.01. The van der Waals surface area contributed by atoms with Crippen LogP contribution < -0.4 is 4.90 Å². The molecule has 0 amide bonds. The van der Waals surface area contributed by atoms with E-state index in [1.807, 2.05) is 0 Å². The molecular formula is C18H34NO2+. The highest BCUT2D eigenvalue weighted by atomic mass is 16.5. The molecule has 1 saturated heterocycles. The Morgan fingerprint density at radius 2 is 1.76 bits per heavy atom. The van der Waals surface area contributed by atoms with Crippen LogP contribution in [0.1, 0.15) is 59.8 Å². The summed E-state index contributed by atoms with van der Waals surface area (Å²) < 4.78 is 5.91. The third kappa shape index (κ3) is 4.98. The summed E-state index contributed by atoms with van der Waals surface area (Å²) in [6.07, 6.45) is 6.21. The Labute approximate surface area is 130 Å². The van der Waals surface area contributed by atoms with Crippen molar-refractivity contribution in [2.75, 3.05) is 19.6 Å². The third-order valence-corrected chi connectivity index (χ3v) is 5.62. The van der Waals surface area contributed by atoms with Crippen molar-refractivity contribution in [3.63, 3.8) is 0 Å². The van der Waals surface area contributed by atoms with Gasteiger partial charge in [0.1, 0.15) is 6.10 Å². The van der Waals surface area contributed by atoms with Gasteiger partial charge >= 0.3 is 5.97 Å². The number of carbonyl (C=O) groups is 1. The summed E-state index contributed by atoms with van der Waals surface area (Å²) in [5.41, 5.74) is 0. The minimum absolute atomic E-state index is 0.0318. The van der Waals surface area contributed by atoms with Crippen molar-refractivity contribution in [2.24, 2.45) is 23.7 Å². The van der Waals surface area contributed by atoms with Gasteiger partial charge < -0.3 is 9.64 Å². The van der Waals surface area contributed by atoms with E-state index < -0.39 is 0 Å². The van der Waals surface area contributed by atoms with Crippen LogP contribution in [0.3, 0.4) is 0 Å². The Morgan fingerprint density at radius 1 is 1.10 bits per heavy atom. The SMILES string of the molecule is CC1CC[NH+](CC(=O)O[C@H]2C[C@@H](C)CC[C@@H]2C(C)C)CC1. The van der Waals surface area contributed by atoms with Gasteiger partial charge in [0, 0.05) is 0 Å². The summed E-state index contributed by atoms with van der Waals surface area (Å²) in [6, 6.07) is 0. The second kappa shape index (κ2) is 7.62. The van der Waals surface area contributed by atoms with Crippen molar-refractivity contribution in [1.29, 1.82) is 0 Å². The quantitative estimate of drug-likeness (QED) is 0.807. The van der Waals surface area contributed by atoms with E-state index >= 15 is 0 Å². The van der Waals surface area contributed by atoms with E-state index in [9.17, 15) is 4.79 Å². The molecule has 0 aromatic heterocycles. The largest absolute Gasteiger partial charge is 0.458 e. The lowest BCUT2D eigenvalue weighted by molar-refractivity contribution is -0.898. The van der Waals surface area contributed by atoms with Crippen LogP contribution in [0.15, 0.2) is 0 Å². The van der Waals surface area contributed by atoms with Crippen molar-refractivity contribution in [2.45, 2.75) is 65.9 Å². The molecule has 2 fully saturated rings. The van der Waals surface area contributed by atoms with Crippen LogP contribution in [0.25, 0.3) is 0 Å². The summed E-state index contributed by atoms with van der Waals surface area (Å²) in [5, 5.41) is 0. The molecule has 2 aliphatic rings. The molecule has 0 bridgehead atoms. The number of carbonyl (C=O) groups excluding carboxylic acids is 1. The maximum absolute atomic E-state index is 12.3. The monoisotopic (exact) mass is 296 g/mol. The summed E-state index contributed by atoms with van der Waals surface area (Å²) in [5.74, 6) is 2.72. The van der Waals surface area contributed by atoms with Crippen LogP contribution in [0.5, 0.6) is 0 Å². The van der Waals surface area contributed by atoms with Gasteiger partial charge in [0.25, 0.3) is 0 Å². The first-order chi connectivity index (χ1) is 9.95. The molecule has 0 radical (unpaired) electrons. The Kier molecular flexibility index (Phi) is 6.09. The van der Waals surface area contributed by atoms with E-state index in [0.717, 1.165) is 25.4 Å². The number of hydrogen-bond donors (Lipinski definition) is 1. The first-order valence-electron chi connectivity index (χ1n) is 8.98. The summed E-state index contributed by atoms with van der Waals surface area (Å²) in [6.45, 7) is 12.0. The summed E-state index contributed by atoms with van der Waals surface area (Å²) >= 11 is 0. The standard InChI is InChI=1S/C18H33NO2/c1-13(2)16-6-5-15(4)11-17(16)21-18(20)12-19-9-7-14(3)8-10-19/h13-17H,5-12H2,1-4H3/p+1/t15-,16+,17-/m0/s1. The highest BCUT2D eigenvalue weighted by Gasteiger charge is 2.34. The van der Waals surface area contributed by atoms with Crippen molar-refractivity contribution in [3.8, 4) is 0 Å². The molecule has 1 heterocycles. The summed E-state index contributed by atoms with van der Waals surface area (Å²) in [4.78, 5) is 13.7. The smallest absolute Gasteiger partial charge is 0.361 e. The van der Waals surface area contributed by atoms with Crippen LogP contribution in [0.4, 0.5) is 0 Å². The van der Waals surface area contributed by atoms with Gasteiger partial charge in [0.05, 0.1) is 13.1 Å². The molecule has 1 aliphatic heterocycles. The Hall–Kier alpha value is -0.570. The van der Waals surface area contributed by atoms with Gasteiger partial charge in [-0.15, -0.1) is 0 Å². The zero-order valence-electron chi connectivity index (χ0n) is 14.4. The van der Waals surface area contributed by atoms with Gasteiger partial charge in [-0.1, -0.05) is 34.1 Å². The average Bonchev–Trinajstić information content (AvgIpc) is 2.41. The van der Waals surface area contributed by atoms with E-state index in [0.29, 0.717) is 24.3 Å². The molecule has 0 aromatic carbocycles. The van der Waals surface area contributed by atoms with E-state index in [2.05, 4.69) is 27.7 Å². The van der Waals surface area contributed by atoms with Gasteiger partial charge in [-0.25, -0.2) is 4.79 Å². The van der Waals surface area contributed by atoms with E-state index in [1.165, 1.54) is 30.6 Å². The topological polar surface area (TPSA) is 30.7 Å². The molecule has 0 unspecified atom stereocenters. The van der Waals surface area contributed by atoms with Gasteiger partial charge in [-0.2, -0.15) is 0 Å². The Morgan fingerprint density at radius 3 is 2.38 bits per heavy atom. The first kappa shape index (κ1) is 16.8. The fraction of sp³-hybridized carbons (Fsp3) is 0.944. The molecule has 1 N–H and O–H groups in total. The first-order valence-corrected chi connectivity index (χ1v) is 8.98. The highest BCUT2D eigenvalue weighted by Crippen LogP contribution is 2.35. The van der Waals surface area contributed by atoms with Gasteiger partial charge in [-0.05, 0) is 49.4 Å². The zero-order chi connectivity index (χ0) is 15.4. The van der Waals surface area contributed by atoms with Gasteiger partial charge in [0.15, 0.2) is 6.54 Å². The molecule has 3 atom stereocenters. The number of ether oxygens (including phenoxy) is 1. The maximum Gasteiger partial charge on any atom is 0.361 e. The average molecular weight is 296 g/mol. The van der Waals surface area contributed by atoms with Crippen molar-refractivity contribution in [3.05, 3.63) is 0 Å². The molecule has 122 valence electrons. The number of hydrogen-bond acceptors (Lipinski definition) is 2. The van der Waals surface area contributed by atoms with Crippen molar-refractivity contribution >= 4 is 5.97 Å². The second-order valence-corrected chi connectivity index (χ2v) is 7.96. The minimum Gasteiger partial charge on any atom is -0.458 e. The second-order valence-electron chi connectivity index (χ2n) is 7.96. The lowest BCUT2D eigenvalue weighted by Crippen LogP contribution is -3.14. The van der Waals surface area contributed by atoms with Crippen LogP contribution in [-0.2, 0) is 9.53 Å². The molecule has 0 aromatic rings. The molecule has 3 heteroatoms. The van der Waals surface area contributed by atoms with E-state index in [1.54, 1.807) is 0 Å². The van der Waals surface area contributed by atoms with Crippen LogP contribution in [-0.4, -0.2) is 31.7 Å². The van der Waals surface area contributed by atoms with Crippen molar-refractivity contribution < 1.29 is 14.4 Å². The third-order valence-electron chi connectivity index (χ3n) is 5.62. The number of piperidine rings is 1. The molecule has 1 saturated carbocycles. The Bertz CT molecular complexity index is 334. The highest BCUT2D eigenvalue weighted by molar-refractivity contribution is 5.70. The number of quaternary nitrogens is 1. The predicted molar refractivity (Wildman–Crippen MR) is 85.2 cm³/mol. The fourth-order valence-corrected chi connectivity index (χ4v) is 4.01. The molecule has 1 aliphatic carbocycles. The molecular weight excluding hydrogens is 262 g/mol. The molecule has 2 rings (SSSR count). The number of esters is 1. The number of likely N-dealkylation sites (tertiary alicyclic amines) is 1. The van der Waals surface area contributed by atoms with Crippen LogP contribution in [0, 0.1) is 23.7 Å². The molecule has 21 heavy (non-hydrogen) atoms. The Balaban J connectivity index is 1.82. The maximum atomic E-state index is 12.3. The van der Waals surface area contributed by atoms with Crippen LogP contribution in [0.2, 0.25) is 0 Å².